The number of hydrogen-bond donors (Lipinski definition) is 1. The van der Waals surface area contributed by atoms with Crippen LogP contribution in [0.2, 0.25) is 0 Å². The van der Waals surface area contributed by atoms with Gasteiger partial charge in [-0.15, -0.1) is 0 Å². The van der Waals surface area contributed by atoms with E-state index >= 15 is 0 Å². The second-order valence-corrected chi connectivity index (χ2v) is 8.68. The predicted molar refractivity (Wildman–Crippen MR) is 104 cm³/mol. The molecule has 0 saturated heterocycles. The molecule has 3 heterocycles. The first-order valence-corrected chi connectivity index (χ1v) is 10.4. The number of benzene rings is 1. The highest BCUT2D eigenvalue weighted by Gasteiger charge is 2.37. The Kier molecular flexibility index (Phi) is 4.19. The van der Waals surface area contributed by atoms with E-state index in [0.29, 0.717) is 22.3 Å². The van der Waals surface area contributed by atoms with Gasteiger partial charge in [-0.1, -0.05) is 6.07 Å². The van der Waals surface area contributed by atoms with Crippen LogP contribution in [0, 0.1) is 0 Å². The topological polar surface area (TPSA) is 104 Å². The van der Waals surface area contributed by atoms with Gasteiger partial charge in [-0.25, -0.2) is 8.42 Å². The van der Waals surface area contributed by atoms with E-state index in [0.717, 1.165) is 10.6 Å². The number of nitrogens with zero attached hydrogens (tertiary/aromatic N) is 4. The van der Waals surface area contributed by atoms with Crippen molar-refractivity contribution < 1.29 is 18.3 Å². The lowest BCUT2D eigenvalue weighted by molar-refractivity contribution is 0.0762. The number of amides is 1. The van der Waals surface area contributed by atoms with Gasteiger partial charge in [0.1, 0.15) is 5.52 Å². The average molecular weight is 398 g/mol. The zero-order valence-corrected chi connectivity index (χ0v) is 16.1. The lowest BCUT2D eigenvalue weighted by atomic mass is 10.0. The molecule has 8 nitrogen and oxygen atoms in total. The average Bonchev–Trinajstić information content (AvgIpc) is 2.98. The number of anilines is 1. The Hall–Kier alpha value is -3.20. The summed E-state index contributed by atoms with van der Waals surface area (Å²) in [6, 6.07) is 8.77. The molecule has 0 spiro atoms. The second-order valence-electron chi connectivity index (χ2n) is 6.66. The second kappa shape index (κ2) is 6.45. The molecule has 4 rings (SSSR count). The van der Waals surface area contributed by atoms with Gasteiger partial charge in [0.15, 0.2) is 5.75 Å². The van der Waals surface area contributed by atoms with Gasteiger partial charge in [0.05, 0.1) is 29.7 Å². The van der Waals surface area contributed by atoms with Gasteiger partial charge in [-0.2, -0.15) is 0 Å². The monoisotopic (exact) mass is 398 g/mol. The molecule has 3 aromatic rings. The first-order valence-electron chi connectivity index (χ1n) is 8.54. The molecule has 1 amide bonds. The minimum Gasteiger partial charge on any atom is -0.505 e. The molecule has 0 fully saturated rings. The van der Waals surface area contributed by atoms with E-state index in [1.807, 2.05) is 6.07 Å². The summed E-state index contributed by atoms with van der Waals surface area (Å²) in [5.41, 5.74) is 1.80. The van der Waals surface area contributed by atoms with Crippen LogP contribution in [-0.4, -0.2) is 47.6 Å². The molecule has 28 heavy (non-hydrogen) atoms. The van der Waals surface area contributed by atoms with Crippen LogP contribution in [-0.2, 0) is 23.1 Å². The molecule has 1 aliphatic heterocycles. The van der Waals surface area contributed by atoms with Crippen molar-refractivity contribution in [2.24, 2.45) is 0 Å². The standard InChI is InChI=1S/C19H18N4O4S/c1-22(28(2,26)27)17-13-7-5-9-21-16(13)18(24)15-14(17)11-23(19(15)25)10-12-6-3-4-8-20-12/h3-9,24H,10-11H2,1-2H3. The fourth-order valence-electron chi connectivity index (χ4n) is 3.47. The third-order valence-corrected chi connectivity index (χ3v) is 6.03. The summed E-state index contributed by atoms with van der Waals surface area (Å²) in [5, 5.41) is 11.2. The summed E-state index contributed by atoms with van der Waals surface area (Å²) in [4.78, 5) is 23.0. The van der Waals surface area contributed by atoms with Crippen molar-refractivity contribution in [1.29, 1.82) is 0 Å². The molecular formula is C19H18N4O4S. The van der Waals surface area contributed by atoms with Gasteiger partial charge in [-0.3, -0.25) is 19.1 Å². The number of fused-ring (bicyclic) bond motifs is 2. The van der Waals surface area contributed by atoms with Gasteiger partial charge in [-0.05, 0) is 24.3 Å². The number of aromatic nitrogens is 2. The molecule has 2 aromatic heterocycles. The number of aromatic hydroxyl groups is 1. The van der Waals surface area contributed by atoms with Crippen molar-refractivity contribution >= 4 is 32.5 Å². The summed E-state index contributed by atoms with van der Waals surface area (Å²) in [5.74, 6) is -0.612. The number of rotatable bonds is 4. The normalized spacial score (nSPS) is 13.8. The van der Waals surface area contributed by atoms with Gasteiger partial charge < -0.3 is 10.0 Å². The highest BCUT2D eigenvalue weighted by Crippen LogP contribution is 2.44. The molecule has 0 saturated carbocycles. The van der Waals surface area contributed by atoms with E-state index in [1.54, 1.807) is 30.5 Å². The lowest BCUT2D eigenvalue weighted by Crippen LogP contribution is -2.26. The summed E-state index contributed by atoms with van der Waals surface area (Å²) in [6.07, 6.45) is 4.22. The van der Waals surface area contributed by atoms with Crippen molar-refractivity contribution in [3.8, 4) is 5.75 Å². The van der Waals surface area contributed by atoms with Crippen molar-refractivity contribution in [3.05, 3.63) is 59.5 Å². The maximum atomic E-state index is 13.0. The van der Waals surface area contributed by atoms with E-state index in [2.05, 4.69) is 9.97 Å². The molecule has 144 valence electrons. The summed E-state index contributed by atoms with van der Waals surface area (Å²) in [7, 11) is -2.16. The first kappa shape index (κ1) is 18.2. The van der Waals surface area contributed by atoms with Crippen LogP contribution in [0.1, 0.15) is 21.6 Å². The SMILES string of the molecule is CN(c1c2c(c(O)c3ncccc13)C(=O)N(Cc1ccccn1)C2)S(C)(=O)=O. The predicted octanol–water partition coefficient (Wildman–Crippen LogP) is 1.89. The number of phenols is 1. The number of sulfonamides is 1. The Morgan fingerprint density at radius 3 is 2.61 bits per heavy atom. The number of hydrogen-bond acceptors (Lipinski definition) is 6. The maximum absolute atomic E-state index is 13.0. The van der Waals surface area contributed by atoms with Crippen molar-refractivity contribution in [2.45, 2.75) is 13.1 Å². The zero-order valence-electron chi connectivity index (χ0n) is 15.3. The number of phenolic OH excluding ortho intramolecular Hbond substituents is 1. The van der Waals surface area contributed by atoms with E-state index in [4.69, 9.17) is 0 Å². The van der Waals surface area contributed by atoms with Crippen LogP contribution in [0.3, 0.4) is 0 Å². The van der Waals surface area contributed by atoms with Crippen molar-refractivity contribution in [3.63, 3.8) is 0 Å². The third kappa shape index (κ3) is 2.84. The van der Waals surface area contributed by atoms with Crippen LogP contribution in [0.5, 0.6) is 5.75 Å². The Bertz CT molecular complexity index is 1200. The summed E-state index contributed by atoms with van der Waals surface area (Å²) < 4.78 is 25.6. The number of carbonyl (C=O) groups excluding carboxylic acids is 1. The molecule has 1 N–H and O–H groups in total. The van der Waals surface area contributed by atoms with E-state index in [-0.39, 0.29) is 35.8 Å². The maximum Gasteiger partial charge on any atom is 0.258 e. The first-order chi connectivity index (χ1) is 13.3. The highest BCUT2D eigenvalue weighted by atomic mass is 32.2. The molecule has 0 radical (unpaired) electrons. The van der Waals surface area contributed by atoms with Crippen LogP contribution in [0.25, 0.3) is 10.9 Å². The molecule has 9 heteroatoms. The quantitative estimate of drug-likeness (QED) is 0.720. The zero-order chi connectivity index (χ0) is 20.1. The molecule has 0 aliphatic carbocycles. The Labute approximate surface area is 162 Å². The summed E-state index contributed by atoms with van der Waals surface area (Å²) >= 11 is 0. The number of pyridine rings is 2. The summed E-state index contributed by atoms with van der Waals surface area (Å²) in [6.45, 7) is 0.415. The fourth-order valence-corrected chi connectivity index (χ4v) is 4.01. The third-order valence-electron chi connectivity index (χ3n) is 4.85. The smallest absolute Gasteiger partial charge is 0.258 e. The van der Waals surface area contributed by atoms with Crippen LogP contribution in [0.15, 0.2) is 42.7 Å². The van der Waals surface area contributed by atoms with Gasteiger partial charge in [0.2, 0.25) is 10.0 Å². The Balaban J connectivity index is 1.92. The van der Waals surface area contributed by atoms with Crippen LogP contribution >= 0.6 is 0 Å². The number of carbonyl (C=O) groups is 1. The minimum atomic E-state index is -3.59. The Morgan fingerprint density at radius 1 is 1.18 bits per heavy atom. The molecule has 1 aromatic carbocycles. The van der Waals surface area contributed by atoms with E-state index < -0.39 is 10.0 Å². The Morgan fingerprint density at radius 2 is 1.93 bits per heavy atom. The molecule has 0 bridgehead atoms. The molecule has 1 aliphatic rings. The van der Waals surface area contributed by atoms with E-state index in [1.165, 1.54) is 18.1 Å². The molecule has 0 atom stereocenters. The van der Waals surface area contributed by atoms with Gasteiger partial charge >= 0.3 is 0 Å². The highest BCUT2D eigenvalue weighted by molar-refractivity contribution is 7.92. The molecular weight excluding hydrogens is 380 g/mol. The largest absolute Gasteiger partial charge is 0.505 e. The fraction of sp³-hybridized carbons (Fsp3) is 0.211. The van der Waals surface area contributed by atoms with Crippen LogP contribution < -0.4 is 4.31 Å². The van der Waals surface area contributed by atoms with Gasteiger partial charge in [0.25, 0.3) is 5.91 Å². The van der Waals surface area contributed by atoms with E-state index in [9.17, 15) is 18.3 Å². The lowest BCUT2D eigenvalue weighted by Gasteiger charge is -2.22. The van der Waals surface area contributed by atoms with Gasteiger partial charge in [0, 0.05) is 36.9 Å². The van der Waals surface area contributed by atoms with Crippen molar-refractivity contribution in [1.82, 2.24) is 14.9 Å². The van der Waals surface area contributed by atoms with Crippen molar-refractivity contribution in [2.75, 3.05) is 17.6 Å². The molecule has 0 unspecified atom stereocenters. The minimum absolute atomic E-state index is 0.0904. The van der Waals surface area contributed by atoms with Crippen LogP contribution in [0.4, 0.5) is 5.69 Å².